The number of guanidine groups is 1. The summed E-state index contributed by atoms with van der Waals surface area (Å²) in [5, 5.41) is 31.0. The van der Waals surface area contributed by atoms with Crippen molar-refractivity contribution in [1.29, 1.82) is 0 Å². The van der Waals surface area contributed by atoms with Crippen LogP contribution in [0.3, 0.4) is 0 Å². The number of aliphatic hydroxyl groups excluding tert-OH is 2. The van der Waals surface area contributed by atoms with E-state index in [0.717, 1.165) is 76.8 Å². The second kappa shape index (κ2) is 34.3. The van der Waals surface area contributed by atoms with Crippen molar-refractivity contribution in [3.63, 3.8) is 0 Å². The number of nitrogens with two attached hydrogens (primary N) is 3. The Morgan fingerprint density at radius 3 is 1.08 bits per heavy atom. The first-order valence-corrected chi connectivity index (χ1v) is 33.6. The van der Waals surface area contributed by atoms with Crippen molar-refractivity contribution >= 4 is 65.8 Å². The second-order valence-corrected chi connectivity index (χ2v) is 28.6. The molecule has 492 valence electrons. The van der Waals surface area contributed by atoms with E-state index in [0.29, 0.717) is 51.5 Å². The number of aliphatic hydroxyl groups is 2. The standard InChI is InChI=1S/C34H58N6O6.C33H54N2O6/c1-5-23-21(16-41)14-25(31(44)39-28(43)12-18(3)4)29(23)19-9-10-20(13-19)30-24(6-2)22(17-42)15-26(30)32(45)40-33(46)27(35)8-7-11-38-34(36)37;1-7-24-22(16-36)14-26(32(40)34-28(38)11-18(3)4)30(24)20-9-10-21(13-20)31-25(8-2)23(17-37)15-27(31)33(41)35-29(39)12-19(5)6/h16,18-27,29-30,42H,5-15,17,35H2,1-4H3,(H4,36,37,38)(H,39,43,44)(H,40,45,46);16,18-27,30-31,37H,7-15,17H2,1-6H3,(H,34,38,40)(H,35,39,41)/t19?,20?,21-,22+,23+,24-,25-,26+,27+,29?,30?;20?,21?,22-,23+,24+,25-,26-,27+,30?,31?/m11/s1. The topological polar surface area (TPSA) is 350 Å². The van der Waals surface area contributed by atoms with Gasteiger partial charge in [-0.05, 0) is 178 Å². The Morgan fingerprint density at radius 1 is 0.483 bits per heavy atom. The maximum atomic E-state index is 13.7. The minimum absolute atomic E-state index is 0.0158. The molecule has 6 fully saturated rings. The van der Waals surface area contributed by atoms with Crippen LogP contribution in [0.25, 0.3) is 0 Å². The zero-order valence-electron chi connectivity index (χ0n) is 54.2. The summed E-state index contributed by atoms with van der Waals surface area (Å²) >= 11 is 0. The molecule has 8 unspecified atom stereocenters. The summed E-state index contributed by atoms with van der Waals surface area (Å²) in [5.74, 6) is -2.70. The van der Waals surface area contributed by atoms with Crippen molar-refractivity contribution in [3.05, 3.63) is 0 Å². The average molecular weight is 1220 g/mol. The van der Waals surface area contributed by atoms with Gasteiger partial charge in [0.2, 0.25) is 47.3 Å². The smallest absolute Gasteiger partial charge is 0.243 e. The average Bonchev–Trinajstić information content (AvgIpc) is 1.65. The largest absolute Gasteiger partial charge is 0.396 e. The Labute approximate surface area is 518 Å². The number of nitrogens with one attached hydrogen (secondary N) is 4. The van der Waals surface area contributed by atoms with E-state index in [1.54, 1.807) is 0 Å². The van der Waals surface area contributed by atoms with E-state index in [9.17, 15) is 58.2 Å². The molecule has 0 aromatic rings. The van der Waals surface area contributed by atoms with E-state index in [2.05, 4.69) is 54.0 Å². The number of imide groups is 4. The van der Waals surface area contributed by atoms with Gasteiger partial charge in [-0.2, -0.15) is 0 Å². The fourth-order valence-corrected chi connectivity index (χ4v) is 18.3. The lowest BCUT2D eigenvalue weighted by atomic mass is 9.72. The fourth-order valence-electron chi connectivity index (χ4n) is 18.3. The molecule has 20 nitrogen and oxygen atoms in total. The Morgan fingerprint density at radius 2 is 0.793 bits per heavy atom. The number of hydrogen-bond donors (Lipinski definition) is 9. The molecule has 0 heterocycles. The molecule has 6 saturated carbocycles. The molecule has 8 amide bonds. The summed E-state index contributed by atoms with van der Waals surface area (Å²) in [6.07, 6.45) is 14.1. The first kappa shape index (κ1) is 72.8. The summed E-state index contributed by atoms with van der Waals surface area (Å²) in [6, 6.07) is -0.876. The lowest BCUT2D eigenvalue weighted by molar-refractivity contribution is -0.136. The Hall–Kier alpha value is -4.95. The van der Waals surface area contributed by atoms with Crippen LogP contribution < -0.4 is 38.5 Å². The number of hydrogen-bond acceptors (Lipinski definition) is 14. The predicted octanol–water partition coefficient (Wildman–Crippen LogP) is 6.39. The zero-order chi connectivity index (χ0) is 64.6. The van der Waals surface area contributed by atoms with Gasteiger partial charge in [-0.3, -0.25) is 64.6 Å². The van der Waals surface area contributed by atoms with E-state index in [-0.39, 0.29) is 198 Å². The Bertz CT molecular complexity index is 2380. The summed E-state index contributed by atoms with van der Waals surface area (Å²) in [4.78, 5) is 132. The maximum Gasteiger partial charge on any atom is 0.243 e. The fraction of sp³-hybridized carbons (Fsp3) is 0.836. The van der Waals surface area contributed by atoms with Gasteiger partial charge in [0.15, 0.2) is 5.96 Å². The molecule has 0 aliphatic heterocycles. The molecule has 0 radical (unpaired) electrons. The van der Waals surface area contributed by atoms with Gasteiger partial charge in [-0.15, -0.1) is 0 Å². The van der Waals surface area contributed by atoms with Crippen LogP contribution in [0, 0.1) is 136 Å². The molecular weight excluding hydrogens is 1110 g/mol. The number of carbonyl (C=O) groups is 10. The Balaban J connectivity index is 0.000000319. The van der Waals surface area contributed by atoms with Gasteiger partial charge in [0, 0.05) is 74.5 Å². The first-order chi connectivity index (χ1) is 41.3. The molecule has 0 aromatic heterocycles. The third kappa shape index (κ3) is 18.8. The predicted molar refractivity (Wildman–Crippen MR) is 332 cm³/mol. The molecule has 87 heavy (non-hydrogen) atoms. The molecule has 0 spiro atoms. The van der Waals surface area contributed by atoms with Crippen LogP contribution in [0.1, 0.15) is 191 Å². The maximum absolute atomic E-state index is 13.7. The summed E-state index contributed by atoms with van der Waals surface area (Å²) in [6.45, 7) is 20.3. The number of aldehydes is 2. The van der Waals surface area contributed by atoms with Crippen LogP contribution in [-0.2, 0) is 47.9 Å². The van der Waals surface area contributed by atoms with Gasteiger partial charge in [-0.1, -0.05) is 94.9 Å². The van der Waals surface area contributed by atoms with Crippen LogP contribution in [0.4, 0.5) is 0 Å². The molecule has 0 aromatic carbocycles. The van der Waals surface area contributed by atoms with E-state index < -0.39 is 23.8 Å². The molecule has 20 heteroatoms. The van der Waals surface area contributed by atoms with E-state index in [1.807, 2.05) is 41.5 Å². The minimum atomic E-state index is -0.876. The highest BCUT2D eigenvalue weighted by Crippen LogP contribution is 2.59. The molecule has 6 aliphatic carbocycles. The van der Waals surface area contributed by atoms with Gasteiger partial charge >= 0.3 is 0 Å². The first-order valence-electron chi connectivity index (χ1n) is 33.6. The Kier molecular flexibility index (Phi) is 28.7. The van der Waals surface area contributed by atoms with Crippen molar-refractivity contribution in [3.8, 4) is 0 Å². The van der Waals surface area contributed by atoms with Crippen molar-refractivity contribution in [1.82, 2.24) is 21.3 Å². The monoisotopic (exact) mass is 1220 g/mol. The molecule has 0 saturated heterocycles. The van der Waals surface area contributed by atoms with Gasteiger partial charge in [0.25, 0.3) is 0 Å². The van der Waals surface area contributed by atoms with E-state index >= 15 is 0 Å². The van der Waals surface area contributed by atoms with Crippen molar-refractivity contribution < 1.29 is 58.2 Å². The molecule has 0 bridgehead atoms. The van der Waals surface area contributed by atoms with Crippen LogP contribution in [0.5, 0.6) is 0 Å². The molecule has 21 atom stereocenters. The van der Waals surface area contributed by atoms with Crippen LogP contribution in [0.2, 0.25) is 0 Å². The summed E-state index contributed by atoms with van der Waals surface area (Å²) < 4.78 is 0. The zero-order valence-corrected chi connectivity index (χ0v) is 54.2. The van der Waals surface area contributed by atoms with Gasteiger partial charge in [0.1, 0.15) is 12.6 Å². The number of nitrogens with zero attached hydrogens (tertiary/aromatic N) is 1. The summed E-state index contributed by atoms with van der Waals surface area (Å²) in [7, 11) is 0. The van der Waals surface area contributed by atoms with E-state index in [1.165, 1.54) is 0 Å². The van der Waals surface area contributed by atoms with Crippen LogP contribution >= 0.6 is 0 Å². The third-order valence-electron chi connectivity index (χ3n) is 21.7. The lowest BCUT2D eigenvalue weighted by Crippen LogP contribution is -2.47. The molecule has 12 N–H and O–H groups in total. The van der Waals surface area contributed by atoms with Gasteiger partial charge in [-0.25, -0.2) is 0 Å². The lowest BCUT2D eigenvalue weighted by Gasteiger charge is -2.33. The SMILES string of the molecule is CC[C@@H]1C(C2CCC(C3[C@@H](C(=O)NC(=O)CC(C)C)C[C@@H](CO)[C@H]3CC)C2)[C@H](C(=O)NC(=O)CC(C)C)C[C@@H]1C=O.CC[C@@H]1C(C2CCC(C3[C@@H](C(=O)NC(=O)[C@@H](N)CCCN=C(N)N)C[C@@H](CO)[C@H]3CC)C2)[C@H](C(=O)NC(=O)CC(C)C)C[C@@H]1C=O. The molecule has 6 rings (SSSR count). The molecule has 6 aliphatic rings. The van der Waals surface area contributed by atoms with Crippen molar-refractivity contribution in [2.75, 3.05) is 19.8 Å². The van der Waals surface area contributed by atoms with E-state index in [4.69, 9.17) is 17.2 Å². The van der Waals surface area contributed by atoms with Gasteiger partial charge in [0.05, 0.1) is 6.04 Å². The van der Waals surface area contributed by atoms with Crippen molar-refractivity contribution in [2.24, 2.45) is 158 Å². The normalized spacial score (nSPS) is 34.0. The van der Waals surface area contributed by atoms with Crippen LogP contribution in [-0.4, -0.2) is 102 Å². The van der Waals surface area contributed by atoms with Gasteiger partial charge < -0.3 is 37.0 Å². The number of aliphatic imine (C=N–C) groups is 1. The number of rotatable bonds is 27. The van der Waals surface area contributed by atoms with Crippen molar-refractivity contribution in [2.45, 2.75) is 197 Å². The second-order valence-electron chi connectivity index (χ2n) is 28.6. The number of amides is 8. The molecular formula is C67H112N8O12. The van der Waals surface area contributed by atoms with Crippen LogP contribution in [0.15, 0.2) is 4.99 Å². The third-order valence-corrected chi connectivity index (χ3v) is 21.7. The quantitative estimate of drug-likeness (QED) is 0.0186. The minimum Gasteiger partial charge on any atom is -0.396 e. The number of carbonyl (C=O) groups excluding carboxylic acids is 10. The highest BCUT2D eigenvalue weighted by Gasteiger charge is 2.57. The summed E-state index contributed by atoms with van der Waals surface area (Å²) in [5.41, 5.74) is 16.8. The highest BCUT2D eigenvalue weighted by molar-refractivity contribution is 5.99. The highest BCUT2D eigenvalue weighted by atomic mass is 16.3.